The molecule has 1 saturated carbocycles. The van der Waals surface area contributed by atoms with E-state index < -0.39 is 0 Å². The van der Waals surface area contributed by atoms with Crippen molar-refractivity contribution >= 4 is 12.4 Å². The van der Waals surface area contributed by atoms with Crippen LogP contribution in [0.25, 0.3) is 0 Å². The highest BCUT2D eigenvalue weighted by molar-refractivity contribution is 5.74. The lowest BCUT2D eigenvalue weighted by molar-refractivity contribution is -0.148. The molecule has 19 heavy (non-hydrogen) atoms. The normalized spacial score (nSPS) is 27.1. The maximum absolute atomic E-state index is 11.6. The maximum atomic E-state index is 11.6. The Balaban J connectivity index is 2.74. The SMILES string of the molecule is CCOC(=O)CN(C=O)C1CC(C)CCC1C(C)C. The molecule has 4 heteroatoms. The molecule has 110 valence electrons. The Bertz CT molecular complexity index is 304. The van der Waals surface area contributed by atoms with Gasteiger partial charge in [0.1, 0.15) is 6.54 Å². The molecule has 1 aliphatic rings. The van der Waals surface area contributed by atoms with Gasteiger partial charge in [-0.2, -0.15) is 0 Å². The molecule has 0 aromatic carbocycles. The minimum atomic E-state index is -0.310. The predicted octanol–water partition coefficient (Wildman–Crippen LogP) is 2.47. The fraction of sp³-hybridized carbons (Fsp3) is 0.867. The smallest absolute Gasteiger partial charge is 0.325 e. The molecule has 3 atom stereocenters. The first-order valence-electron chi connectivity index (χ1n) is 7.36. The van der Waals surface area contributed by atoms with E-state index in [2.05, 4.69) is 20.8 Å². The Morgan fingerprint density at radius 3 is 2.63 bits per heavy atom. The molecule has 0 N–H and O–H groups in total. The van der Waals surface area contributed by atoms with Crippen LogP contribution < -0.4 is 0 Å². The Kier molecular flexibility index (Phi) is 6.32. The zero-order valence-electron chi connectivity index (χ0n) is 12.6. The molecule has 0 aromatic rings. The minimum absolute atomic E-state index is 0.0813. The summed E-state index contributed by atoms with van der Waals surface area (Å²) in [6.07, 6.45) is 4.15. The second-order valence-electron chi connectivity index (χ2n) is 5.98. The molecule has 0 radical (unpaired) electrons. The number of nitrogens with zero attached hydrogens (tertiary/aromatic N) is 1. The first-order chi connectivity index (χ1) is 8.99. The van der Waals surface area contributed by atoms with Crippen LogP contribution in [-0.4, -0.2) is 36.5 Å². The number of esters is 1. The number of carbonyl (C=O) groups is 2. The van der Waals surface area contributed by atoms with Gasteiger partial charge in [0.05, 0.1) is 6.61 Å². The Labute approximate surface area is 116 Å². The van der Waals surface area contributed by atoms with Gasteiger partial charge in [-0.05, 0) is 37.5 Å². The van der Waals surface area contributed by atoms with E-state index in [-0.39, 0.29) is 18.6 Å². The molecule has 0 bridgehead atoms. The van der Waals surface area contributed by atoms with Crippen molar-refractivity contribution in [2.24, 2.45) is 17.8 Å². The molecule has 4 nitrogen and oxygen atoms in total. The van der Waals surface area contributed by atoms with Gasteiger partial charge < -0.3 is 9.64 Å². The molecule has 0 heterocycles. The molecular formula is C15H27NO3. The molecule has 0 aromatic heterocycles. The van der Waals surface area contributed by atoms with Crippen molar-refractivity contribution in [3.63, 3.8) is 0 Å². The summed E-state index contributed by atoms with van der Waals surface area (Å²) in [5.74, 6) is 1.32. The summed E-state index contributed by atoms with van der Waals surface area (Å²) < 4.78 is 4.95. The maximum Gasteiger partial charge on any atom is 0.325 e. The van der Waals surface area contributed by atoms with Crippen molar-refractivity contribution < 1.29 is 14.3 Å². The van der Waals surface area contributed by atoms with Crippen molar-refractivity contribution in [2.75, 3.05) is 13.2 Å². The average molecular weight is 269 g/mol. The van der Waals surface area contributed by atoms with Gasteiger partial charge in [0, 0.05) is 6.04 Å². The summed E-state index contributed by atoms with van der Waals surface area (Å²) in [4.78, 5) is 24.6. The second-order valence-corrected chi connectivity index (χ2v) is 5.98. The number of ether oxygens (including phenoxy) is 1. The van der Waals surface area contributed by atoms with Crippen LogP contribution in [-0.2, 0) is 14.3 Å². The summed E-state index contributed by atoms with van der Waals surface area (Å²) in [7, 11) is 0. The molecule has 1 aliphatic carbocycles. The lowest BCUT2D eigenvalue weighted by Crippen LogP contribution is -2.47. The largest absolute Gasteiger partial charge is 0.465 e. The van der Waals surface area contributed by atoms with Crippen molar-refractivity contribution in [3.05, 3.63) is 0 Å². The van der Waals surface area contributed by atoms with Crippen LogP contribution in [0.15, 0.2) is 0 Å². The zero-order valence-corrected chi connectivity index (χ0v) is 12.6. The number of amides is 1. The van der Waals surface area contributed by atoms with E-state index in [1.165, 1.54) is 6.42 Å². The predicted molar refractivity (Wildman–Crippen MR) is 74.5 cm³/mol. The summed E-state index contributed by atoms with van der Waals surface area (Å²) in [6, 6.07) is 0.172. The van der Waals surface area contributed by atoms with E-state index in [0.29, 0.717) is 24.4 Å². The van der Waals surface area contributed by atoms with Gasteiger partial charge in [0.25, 0.3) is 0 Å². The van der Waals surface area contributed by atoms with Crippen LogP contribution in [0, 0.1) is 17.8 Å². The van der Waals surface area contributed by atoms with E-state index >= 15 is 0 Å². The van der Waals surface area contributed by atoms with Gasteiger partial charge in [0.2, 0.25) is 6.41 Å². The monoisotopic (exact) mass is 269 g/mol. The Morgan fingerprint density at radius 1 is 1.42 bits per heavy atom. The fourth-order valence-corrected chi connectivity index (χ4v) is 3.12. The van der Waals surface area contributed by atoms with Crippen LogP contribution in [0.4, 0.5) is 0 Å². The fourth-order valence-electron chi connectivity index (χ4n) is 3.12. The van der Waals surface area contributed by atoms with Gasteiger partial charge in [-0.1, -0.05) is 27.2 Å². The van der Waals surface area contributed by atoms with E-state index in [9.17, 15) is 9.59 Å². The number of rotatable bonds is 6. The van der Waals surface area contributed by atoms with Crippen LogP contribution in [0.1, 0.15) is 47.0 Å². The summed E-state index contributed by atoms with van der Waals surface area (Å²) in [5, 5.41) is 0. The third-order valence-electron chi connectivity index (χ3n) is 4.17. The van der Waals surface area contributed by atoms with Crippen molar-refractivity contribution in [1.29, 1.82) is 0 Å². The second kappa shape index (κ2) is 7.51. The highest BCUT2D eigenvalue weighted by Crippen LogP contribution is 2.35. The first kappa shape index (κ1) is 16.0. The summed E-state index contributed by atoms with van der Waals surface area (Å²) in [6.45, 7) is 8.83. The summed E-state index contributed by atoms with van der Waals surface area (Å²) >= 11 is 0. The van der Waals surface area contributed by atoms with E-state index in [1.807, 2.05) is 0 Å². The number of hydrogen-bond donors (Lipinski definition) is 0. The molecule has 0 spiro atoms. The zero-order chi connectivity index (χ0) is 14.4. The molecular weight excluding hydrogens is 242 g/mol. The topological polar surface area (TPSA) is 46.6 Å². The lowest BCUT2D eigenvalue weighted by atomic mass is 9.73. The highest BCUT2D eigenvalue weighted by Gasteiger charge is 2.35. The standard InChI is InChI=1S/C15H27NO3/c1-5-19-15(18)9-16(10-17)14-8-12(4)6-7-13(14)11(2)3/h10-14H,5-9H2,1-4H3. The van der Waals surface area contributed by atoms with Crippen LogP contribution >= 0.6 is 0 Å². The summed E-state index contributed by atoms with van der Waals surface area (Å²) in [5.41, 5.74) is 0. The molecule has 3 unspecified atom stereocenters. The van der Waals surface area contributed by atoms with Gasteiger partial charge in [-0.25, -0.2) is 0 Å². The Hall–Kier alpha value is -1.06. The minimum Gasteiger partial charge on any atom is -0.465 e. The van der Waals surface area contributed by atoms with E-state index in [4.69, 9.17) is 4.74 Å². The van der Waals surface area contributed by atoms with Crippen molar-refractivity contribution in [2.45, 2.75) is 53.0 Å². The number of hydrogen-bond acceptors (Lipinski definition) is 3. The Morgan fingerprint density at radius 2 is 2.11 bits per heavy atom. The molecule has 0 aliphatic heterocycles. The molecule has 1 amide bonds. The third kappa shape index (κ3) is 4.51. The van der Waals surface area contributed by atoms with Crippen molar-refractivity contribution in [3.8, 4) is 0 Å². The van der Waals surface area contributed by atoms with E-state index in [1.54, 1.807) is 11.8 Å². The van der Waals surface area contributed by atoms with Crippen LogP contribution in [0.2, 0.25) is 0 Å². The molecule has 1 rings (SSSR count). The van der Waals surface area contributed by atoms with Crippen LogP contribution in [0.5, 0.6) is 0 Å². The lowest BCUT2D eigenvalue weighted by Gasteiger charge is -2.42. The number of carbonyl (C=O) groups excluding carboxylic acids is 2. The third-order valence-corrected chi connectivity index (χ3v) is 4.17. The first-order valence-corrected chi connectivity index (χ1v) is 7.36. The van der Waals surface area contributed by atoms with Gasteiger partial charge in [-0.3, -0.25) is 9.59 Å². The van der Waals surface area contributed by atoms with Gasteiger partial charge >= 0.3 is 5.97 Å². The quantitative estimate of drug-likeness (QED) is 0.549. The molecule has 1 fully saturated rings. The van der Waals surface area contributed by atoms with Gasteiger partial charge in [-0.15, -0.1) is 0 Å². The highest BCUT2D eigenvalue weighted by atomic mass is 16.5. The molecule has 0 saturated heterocycles. The van der Waals surface area contributed by atoms with Crippen molar-refractivity contribution in [1.82, 2.24) is 4.90 Å². The average Bonchev–Trinajstić information content (AvgIpc) is 2.35. The van der Waals surface area contributed by atoms with Gasteiger partial charge in [0.15, 0.2) is 0 Å². The van der Waals surface area contributed by atoms with E-state index in [0.717, 1.165) is 19.3 Å². The van der Waals surface area contributed by atoms with Crippen LogP contribution in [0.3, 0.4) is 0 Å².